The Morgan fingerprint density at radius 3 is 2.45 bits per heavy atom. The normalized spacial score (nSPS) is 12.0. The molecule has 0 aliphatic carbocycles. The molecule has 2 N–H and O–H groups in total. The first-order chi connectivity index (χ1) is 10.5. The summed E-state index contributed by atoms with van der Waals surface area (Å²) in [5, 5.41) is 7.31. The van der Waals surface area contributed by atoms with Gasteiger partial charge in [0.1, 0.15) is 0 Å². The molecule has 0 fully saturated rings. The van der Waals surface area contributed by atoms with E-state index in [1.165, 1.54) is 11.1 Å². The van der Waals surface area contributed by atoms with Crippen LogP contribution in [0.3, 0.4) is 0 Å². The van der Waals surface area contributed by atoms with Crippen LogP contribution in [0.2, 0.25) is 0 Å². The van der Waals surface area contributed by atoms with Gasteiger partial charge < -0.3 is 15.5 Å². The average molecular weight is 313 g/mol. The highest BCUT2D eigenvalue weighted by atomic mass is 32.1. The monoisotopic (exact) mass is 313 g/mol. The summed E-state index contributed by atoms with van der Waals surface area (Å²) >= 11 is 5.47. The Labute approximate surface area is 138 Å². The molecular weight excluding hydrogens is 290 g/mol. The topological polar surface area (TPSA) is 27.3 Å². The lowest BCUT2D eigenvalue weighted by molar-refractivity contribution is 0.363. The molecule has 0 unspecified atom stereocenters. The number of benzene rings is 2. The lowest BCUT2D eigenvalue weighted by atomic mass is 10.1. The van der Waals surface area contributed by atoms with Gasteiger partial charge in [0.2, 0.25) is 0 Å². The quantitative estimate of drug-likeness (QED) is 0.825. The summed E-state index contributed by atoms with van der Waals surface area (Å²) in [7, 11) is 4.13. The van der Waals surface area contributed by atoms with E-state index in [0.717, 1.165) is 12.2 Å². The van der Waals surface area contributed by atoms with E-state index in [0.29, 0.717) is 5.11 Å². The molecule has 4 heteroatoms. The standard InChI is InChI=1S/C18H23N3S/c1-14-8-7-11-16(12-14)19-18(22)20-17(13-21(2)3)15-9-5-4-6-10-15/h4-12,17H,13H2,1-3H3,(H2,19,20,22)/t17-/m1/s1. The van der Waals surface area contributed by atoms with Gasteiger partial charge in [-0.05, 0) is 56.5 Å². The van der Waals surface area contributed by atoms with Crippen LogP contribution < -0.4 is 10.6 Å². The van der Waals surface area contributed by atoms with Crippen LogP contribution in [0, 0.1) is 6.92 Å². The van der Waals surface area contributed by atoms with Crippen molar-refractivity contribution < 1.29 is 0 Å². The first kappa shape index (κ1) is 16.5. The summed E-state index contributed by atoms with van der Waals surface area (Å²) in [5.41, 5.74) is 3.44. The van der Waals surface area contributed by atoms with Crippen LogP contribution in [0.4, 0.5) is 5.69 Å². The Kier molecular flexibility index (Phi) is 5.92. The number of thiocarbonyl (C=S) groups is 1. The third-order valence-electron chi connectivity index (χ3n) is 3.33. The zero-order valence-electron chi connectivity index (χ0n) is 13.3. The summed E-state index contributed by atoms with van der Waals surface area (Å²) in [5.74, 6) is 0. The average Bonchev–Trinajstić information content (AvgIpc) is 2.47. The summed E-state index contributed by atoms with van der Waals surface area (Å²) in [6.07, 6.45) is 0. The molecule has 0 spiro atoms. The molecule has 0 amide bonds. The van der Waals surface area contributed by atoms with E-state index in [2.05, 4.69) is 73.0 Å². The number of hydrogen-bond acceptors (Lipinski definition) is 2. The molecule has 0 bridgehead atoms. The van der Waals surface area contributed by atoms with Crippen LogP contribution in [0.25, 0.3) is 0 Å². The third kappa shape index (κ3) is 5.13. The van der Waals surface area contributed by atoms with Gasteiger partial charge in [-0.25, -0.2) is 0 Å². The number of rotatable bonds is 5. The summed E-state index contributed by atoms with van der Waals surface area (Å²) < 4.78 is 0. The molecule has 0 heterocycles. The first-order valence-electron chi connectivity index (χ1n) is 7.38. The maximum Gasteiger partial charge on any atom is 0.171 e. The molecule has 3 nitrogen and oxygen atoms in total. The van der Waals surface area contributed by atoms with Gasteiger partial charge in [-0.3, -0.25) is 0 Å². The zero-order chi connectivity index (χ0) is 15.9. The maximum absolute atomic E-state index is 5.47. The smallest absolute Gasteiger partial charge is 0.171 e. The van der Waals surface area contributed by atoms with Crippen molar-refractivity contribution >= 4 is 23.0 Å². The number of nitrogens with zero attached hydrogens (tertiary/aromatic N) is 1. The van der Waals surface area contributed by atoms with Crippen molar-refractivity contribution in [3.05, 3.63) is 65.7 Å². The molecule has 2 aromatic carbocycles. The van der Waals surface area contributed by atoms with Crippen LogP contribution in [-0.2, 0) is 0 Å². The van der Waals surface area contributed by atoms with Gasteiger partial charge >= 0.3 is 0 Å². The Hall–Kier alpha value is -1.91. The SMILES string of the molecule is Cc1cccc(NC(=S)N[C@H](CN(C)C)c2ccccc2)c1. The maximum atomic E-state index is 5.47. The van der Waals surface area contributed by atoms with Crippen molar-refractivity contribution in [3.8, 4) is 0 Å². The fourth-order valence-corrected chi connectivity index (χ4v) is 2.59. The lowest BCUT2D eigenvalue weighted by Crippen LogP contribution is -2.37. The van der Waals surface area contributed by atoms with E-state index in [-0.39, 0.29) is 6.04 Å². The van der Waals surface area contributed by atoms with Crippen molar-refractivity contribution in [2.24, 2.45) is 0 Å². The van der Waals surface area contributed by atoms with Gasteiger partial charge in [-0.15, -0.1) is 0 Å². The van der Waals surface area contributed by atoms with Crippen molar-refractivity contribution in [2.45, 2.75) is 13.0 Å². The number of hydrogen-bond donors (Lipinski definition) is 2. The Balaban J connectivity index is 2.05. The Bertz CT molecular complexity index is 611. The van der Waals surface area contributed by atoms with Gasteiger partial charge in [-0.2, -0.15) is 0 Å². The summed E-state index contributed by atoms with van der Waals surface area (Å²) in [6.45, 7) is 2.94. The van der Waals surface area contributed by atoms with Gasteiger partial charge in [0.05, 0.1) is 6.04 Å². The second kappa shape index (κ2) is 7.92. The third-order valence-corrected chi connectivity index (χ3v) is 3.55. The molecule has 22 heavy (non-hydrogen) atoms. The minimum absolute atomic E-state index is 0.154. The number of nitrogens with one attached hydrogen (secondary N) is 2. The molecule has 1 atom stereocenters. The van der Waals surface area contributed by atoms with Crippen LogP contribution in [-0.4, -0.2) is 30.7 Å². The van der Waals surface area contributed by atoms with Crippen molar-refractivity contribution in [1.29, 1.82) is 0 Å². The lowest BCUT2D eigenvalue weighted by Gasteiger charge is -2.24. The van der Waals surface area contributed by atoms with Crippen molar-refractivity contribution in [1.82, 2.24) is 10.2 Å². The minimum Gasteiger partial charge on any atom is -0.354 e. The van der Waals surface area contributed by atoms with Crippen LogP contribution in [0.15, 0.2) is 54.6 Å². The molecule has 116 valence electrons. The van der Waals surface area contributed by atoms with E-state index in [9.17, 15) is 0 Å². The molecule has 0 saturated heterocycles. The van der Waals surface area contributed by atoms with Gasteiger partial charge in [0.15, 0.2) is 5.11 Å². The molecule has 0 aromatic heterocycles. The molecule has 2 aromatic rings. The highest BCUT2D eigenvalue weighted by molar-refractivity contribution is 7.80. The Morgan fingerprint density at radius 2 is 1.82 bits per heavy atom. The van der Waals surface area contributed by atoms with Gasteiger partial charge in [-0.1, -0.05) is 42.5 Å². The van der Waals surface area contributed by atoms with Crippen LogP contribution >= 0.6 is 12.2 Å². The zero-order valence-corrected chi connectivity index (χ0v) is 14.2. The number of anilines is 1. The first-order valence-corrected chi connectivity index (χ1v) is 7.79. The van der Waals surface area contributed by atoms with Crippen LogP contribution in [0.5, 0.6) is 0 Å². The van der Waals surface area contributed by atoms with E-state index >= 15 is 0 Å². The number of likely N-dealkylation sites (N-methyl/N-ethyl adjacent to an activating group) is 1. The predicted molar refractivity (Wildman–Crippen MR) is 98.3 cm³/mol. The largest absolute Gasteiger partial charge is 0.354 e. The van der Waals surface area contributed by atoms with Crippen LogP contribution in [0.1, 0.15) is 17.2 Å². The highest BCUT2D eigenvalue weighted by Gasteiger charge is 2.13. The fourth-order valence-electron chi connectivity index (χ4n) is 2.33. The molecule has 0 aliphatic rings. The predicted octanol–water partition coefficient (Wildman–Crippen LogP) is 3.58. The van der Waals surface area contributed by atoms with Crippen molar-refractivity contribution in [2.75, 3.05) is 26.0 Å². The van der Waals surface area contributed by atoms with E-state index in [4.69, 9.17) is 12.2 Å². The molecule has 0 aliphatic heterocycles. The molecule has 0 radical (unpaired) electrons. The second-order valence-corrected chi connectivity index (χ2v) is 6.10. The molecule has 0 saturated carbocycles. The fraction of sp³-hybridized carbons (Fsp3) is 0.278. The Morgan fingerprint density at radius 1 is 1.09 bits per heavy atom. The number of aryl methyl sites for hydroxylation is 1. The van der Waals surface area contributed by atoms with E-state index in [1.807, 2.05) is 18.2 Å². The summed E-state index contributed by atoms with van der Waals surface area (Å²) in [4.78, 5) is 2.15. The minimum atomic E-state index is 0.154. The molecular formula is C18H23N3S. The van der Waals surface area contributed by atoms with Gasteiger partial charge in [0.25, 0.3) is 0 Å². The van der Waals surface area contributed by atoms with Crippen molar-refractivity contribution in [3.63, 3.8) is 0 Å². The van der Waals surface area contributed by atoms with Gasteiger partial charge in [0, 0.05) is 12.2 Å². The highest BCUT2D eigenvalue weighted by Crippen LogP contribution is 2.14. The van der Waals surface area contributed by atoms with E-state index in [1.54, 1.807) is 0 Å². The molecule has 2 rings (SSSR count). The van der Waals surface area contributed by atoms with E-state index < -0.39 is 0 Å². The second-order valence-electron chi connectivity index (χ2n) is 5.69. The summed E-state index contributed by atoms with van der Waals surface area (Å²) in [6, 6.07) is 18.7.